The van der Waals surface area contributed by atoms with Crippen LogP contribution in [0.15, 0.2) is 85.0 Å². The van der Waals surface area contributed by atoms with Crippen LogP contribution in [0.5, 0.6) is 0 Å². The maximum Gasteiger partial charge on any atom is 2.00 e. The monoisotopic (exact) mass is 504 g/mol. The number of rotatable bonds is 7. The van der Waals surface area contributed by atoms with Gasteiger partial charge in [-0.25, -0.2) is 9.78 Å². The molecule has 2 rings (SSSR count). The summed E-state index contributed by atoms with van der Waals surface area (Å²) in [7, 11) is 0. The molecule has 0 spiro atoms. The van der Waals surface area contributed by atoms with E-state index < -0.39 is 23.1 Å². The summed E-state index contributed by atoms with van der Waals surface area (Å²) in [5.74, 6) is -2.37. The summed E-state index contributed by atoms with van der Waals surface area (Å²) in [6.07, 6.45) is 0. The molecule has 0 atom stereocenters. The fourth-order valence-electron chi connectivity index (χ4n) is 1.98. The van der Waals surface area contributed by atoms with Crippen molar-refractivity contribution >= 4 is 11.9 Å². The maximum atomic E-state index is 9.49. The van der Waals surface area contributed by atoms with Crippen LogP contribution in [0.4, 0.5) is 0 Å². The summed E-state index contributed by atoms with van der Waals surface area (Å²) in [6, 6.07) is 20.2. The maximum absolute atomic E-state index is 9.49. The fraction of sp³-hybridized carbons (Fsp3) is 0.308. The zero-order valence-corrected chi connectivity index (χ0v) is 23.3. The van der Waals surface area contributed by atoms with Gasteiger partial charge in [-0.1, -0.05) is 73.8 Å². The Morgan fingerprint density at radius 2 is 0.879 bits per heavy atom. The molecule has 0 aliphatic heterocycles. The zero-order valence-electron chi connectivity index (χ0n) is 20.3. The van der Waals surface area contributed by atoms with Crippen molar-refractivity contribution in [2.24, 2.45) is 0 Å². The number of benzene rings is 2. The average Bonchev–Trinajstić information content (AvgIpc) is 2.74. The SMILES string of the molecule is C=C(C)C(=O)[O-].C=C(C)C(=O)[O-].CC(C)(OOC(C)(C)c1ccccc1)c1ccccc1.[Zn+2]. The molecule has 0 unspecified atom stereocenters. The van der Waals surface area contributed by atoms with Gasteiger partial charge in [0.05, 0.1) is 11.9 Å². The summed E-state index contributed by atoms with van der Waals surface area (Å²) in [4.78, 5) is 30.4. The molecule has 33 heavy (non-hydrogen) atoms. The Balaban J connectivity index is 0. The Bertz CT molecular complexity index is 790. The van der Waals surface area contributed by atoms with Crippen molar-refractivity contribution in [2.75, 3.05) is 0 Å². The van der Waals surface area contributed by atoms with E-state index in [0.717, 1.165) is 11.1 Å². The topological polar surface area (TPSA) is 98.7 Å². The van der Waals surface area contributed by atoms with Crippen molar-refractivity contribution in [1.29, 1.82) is 0 Å². The van der Waals surface area contributed by atoms with E-state index in [1.54, 1.807) is 0 Å². The van der Waals surface area contributed by atoms with E-state index in [-0.39, 0.29) is 30.6 Å². The third-order valence-electron chi connectivity index (χ3n) is 4.09. The van der Waals surface area contributed by atoms with Crippen LogP contribution in [0, 0.1) is 0 Å². The number of hydrogen-bond donors (Lipinski definition) is 0. The van der Waals surface area contributed by atoms with Gasteiger partial charge in [0.25, 0.3) is 0 Å². The van der Waals surface area contributed by atoms with Gasteiger partial charge in [0.2, 0.25) is 0 Å². The molecule has 0 heterocycles. The van der Waals surface area contributed by atoms with E-state index in [4.69, 9.17) is 9.78 Å². The molecule has 0 fully saturated rings. The number of carboxylic acids is 2. The van der Waals surface area contributed by atoms with E-state index >= 15 is 0 Å². The largest absolute Gasteiger partial charge is 2.00 e. The van der Waals surface area contributed by atoms with Gasteiger partial charge < -0.3 is 19.8 Å². The minimum absolute atomic E-state index is 0. The first-order valence-corrected chi connectivity index (χ1v) is 9.92. The Labute approximate surface area is 209 Å². The van der Waals surface area contributed by atoms with E-state index in [1.165, 1.54) is 13.8 Å². The van der Waals surface area contributed by atoms with Gasteiger partial charge in [-0.05, 0) is 63.8 Å². The Kier molecular flexibility index (Phi) is 15.1. The van der Waals surface area contributed by atoms with Gasteiger partial charge in [-0.3, -0.25) is 0 Å². The van der Waals surface area contributed by atoms with Gasteiger partial charge in [-0.2, -0.15) is 0 Å². The Hall–Kier alpha value is -2.60. The van der Waals surface area contributed by atoms with Gasteiger partial charge in [0, 0.05) is 0 Å². The molecule has 0 bridgehead atoms. The van der Waals surface area contributed by atoms with E-state index in [1.807, 2.05) is 88.4 Å². The molecular weight excluding hydrogens is 474 g/mol. The van der Waals surface area contributed by atoms with Gasteiger partial charge in [0.15, 0.2) is 0 Å². The minimum Gasteiger partial charge on any atom is -0.545 e. The van der Waals surface area contributed by atoms with Crippen LogP contribution in [0.25, 0.3) is 0 Å². The standard InChI is InChI=1S/C18H22O2.2C4H6O2.Zn/c1-17(2,15-11-7-5-8-12-15)19-20-18(3,4)16-13-9-6-10-14-16;2*1-3(2)4(5)6;/h5-14H,1-4H3;2*1H2,2H3,(H,5,6);/q;;;+2/p-2. The van der Waals surface area contributed by atoms with Crippen molar-refractivity contribution in [3.63, 3.8) is 0 Å². The molecule has 174 valence electrons. The number of carbonyl (C=O) groups is 2. The summed E-state index contributed by atoms with van der Waals surface area (Å²) in [6.45, 7) is 17.0. The molecule has 0 amide bonds. The molecule has 6 nitrogen and oxygen atoms in total. The number of carboxylic acid groups (broad SMARTS) is 2. The van der Waals surface area contributed by atoms with Crippen molar-refractivity contribution in [3.05, 3.63) is 96.1 Å². The van der Waals surface area contributed by atoms with Crippen molar-refractivity contribution in [2.45, 2.75) is 52.7 Å². The molecule has 2 aromatic rings. The van der Waals surface area contributed by atoms with Crippen molar-refractivity contribution in [3.8, 4) is 0 Å². The number of carbonyl (C=O) groups excluding carboxylic acids is 2. The predicted molar refractivity (Wildman–Crippen MR) is 121 cm³/mol. The smallest absolute Gasteiger partial charge is 0.545 e. The second-order valence-corrected chi connectivity index (χ2v) is 8.05. The summed E-state index contributed by atoms with van der Waals surface area (Å²) in [5, 5.41) is 19.0. The first-order chi connectivity index (χ1) is 14.7. The molecule has 2 aromatic carbocycles. The van der Waals surface area contributed by atoms with Crippen molar-refractivity contribution in [1.82, 2.24) is 0 Å². The molecular formula is C26H32O6Zn. The Morgan fingerprint density at radius 1 is 0.667 bits per heavy atom. The van der Waals surface area contributed by atoms with Crippen molar-refractivity contribution < 1.29 is 49.1 Å². The summed E-state index contributed by atoms with van der Waals surface area (Å²) < 4.78 is 0. The second kappa shape index (κ2) is 15.3. The molecule has 0 aromatic heterocycles. The number of aliphatic carboxylic acids is 2. The second-order valence-electron chi connectivity index (χ2n) is 8.05. The average molecular weight is 506 g/mol. The molecule has 0 saturated carbocycles. The van der Waals surface area contributed by atoms with Crippen LogP contribution in [-0.4, -0.2) is 11.9 Å². The molecule has 0 aliphatic rings. The van der Waals surface area contributed by atoms with E-state index in [9.17, 15) is 19.8 Å². The first-order valence-electron chi connectivity index (χ1n) is 9.92. The third kappa shape index (κ3) is 13.5. The van der Waals surface area contributed by atoms with Crippen LogP contribution in [0.2, 0.25) is 0 Å². The van der Waals surface area contributed by atoms with Crippen LogP contribution in [0.1, 0.15) is 52.7 Å². The van der Waals surface area contributed by atoms with Crippen LogP contribution >= 0.6 is 0 Å². The normalized spacial score (nSPS) is 10.2. The Morgan fingerprint density at radius 3 is 1.06 bits per heavy atom. The first kappa shape index (κ1) is 32.6. The van der Waals surface area contributed by atoms with E-state index in [0.29, 0.717) is 0 Å². The molecule has 7 heteroatoms. The summed E-state index contributed by atoms with van der Waals surface area (Å²) >= 11 is 0. The van der Waals surface area contributed by atoms with Crippen LogP contribution in [0.3, 0.4) is 0 Å². The fourth-order valence-corrected chi connectivity index (χ4v) is 1.98. The molecule has 0 N–H and O–H groups in total. The minimum atomic E-state index is -1.19. The third-order valence-corrected chi connectivity index (χ3v) is 4.09. The van der Waals surface area contributed by atoms with E-state index in [2.05, 4.69) is 13.2 Å². The summed E-state index contributed by atoms with van der Waals surface area (Å²) in [5.41, 5.74) is 1.32. The zero-order chi connectivity index (χ0) is 24.9. The number of hydrogen-bond acceptors (Lipinski definition) is 6. The van der Waals surface area contributed by atoms with Crippen LogP contribution < -0.4 is 10.2 Å². The molecule has 0 radical (unpaired) electrons. The quantitative estimate of drug-likeness (QED) is 0.247. The molecule has 0 aliphatic carbocycles. The predicted octanol–water partition coefficient (Wildman–Crippen LogP) is 3.43. The van der Waals surface area contributed by atoms with Gasteiger partial charge in [0.1, 0.15) is 11.2 Å². The molecule has 0 saturated heterocycles. The van der Waals surface area contributed by atoms with Gasteiger partial charge in [-0.15, -0.1) is 0 Å². The van der Waals surface area contributed by atoms with Gasteiger partial charge >= 0.3 is 19.5 Å². The van der Waals surface area contributed by atoms with Crippen LogP contribution in [-0.2, 0) is 50.0 Å².